The zero-order chi connectivity index (χ0) is 8.97. The summed E-state index contributed by atoms with van der Waals surface area (Å²) in [6, 6.07) is 0. The van der Waals surface area contributed by atoms with Crippen molar-refractivity contribution >= 4 is 11.8 Å². The van der Waals surface area contributed by atoms with Gasteiger partial charge in [-0.25, -0.2) is 0 Å². The fraction of sp³-hybridized carbons (Fsp3) is 0.636. The third-order valence-corrected chi connectivity index (χ3v) is 3.64. The van der Waals surface area contributed by atoms with Gasteiger partial charge in [0.15, 0.2) is 0 Å². The van der Waals surface area contributed by atoms with E-state index in [9.17, 15) is 0 Å². The van der Waals surface area contributed by atoms with Gasteiger partial charge in [-0.1, -0.05) is 44.2 Å². The van der Waals surface area contributed by atoms with E-state index in [2.05, 4.69) is 32.9 Å². The van der Waals surface area contributed by atoms with E-state index in [1.165, 1.54) is 24.2 Å². The van der Waals surface area contributed by atoms with Gasteiger partial charge in [-0.3, -0.25) is 0 Å². The van der Waals surface area contributed by atoms with Crippen LogP contribution in [-0.2, 0) is 0 Å². The minimum atomic E-state index is 0.673. The highest BCUT2D eigenvalue weighted by Gasteiger charge is 2.16. The van der Waals surface area contributed by atoms with Crippen molar-refractivity contribution in [2.45, 2.75) is 40.0 Å². The zero-order valence-electron chi connectivity index (χ0n) is 8.26. The fourth-order valence-electron chi connectivity index (χ4n) is 1.45. The number of hydrogen-bond donors (Lipinski definition) is 0. The Morgan fingerprint density at radius 2 is 2.33 bits per heavy atom. The molecule has 0 spiro atoms. The summed E-state index contributed by atoms with van der Waals surface area (Å²) in [6.45, 7) is 6.66. The molecular weight excluding hydrogens is 164 g/mol. The lowest BCUT2D eigenvalue weighted by atomic mass is 10.1. The van der Waals surface area contributed by atoms with Crippen molar-refractivity contribution in [2.75, 3.05) is 0 Å². The Morgan fingerprint density at radius 3 is 2.83 bits per heavy atom. The summed E-state index contributed by atoms with van der Waals surface area (Å²) in [5.74, 6) is 0.673. The molecule has 0 nitrogen and oxygen atoms in total. The Kier molecular flexibility index (Phi) is 3.93. The molecular formula is C11H18S. The summed E-state index contributed by atoms with van der Waals surface area (Å²) >= 11 is 1.98. The number of unbranched alkanes of at least 4 members (excludes halogenated alkanes) is 1. The van der Waals surface area contributed by atoms with Crippen LogP contribution in [0.2, 0.25) is 0 Å². The molecule has 0 radical (unpaired) electrons. The van der Waals surface area contributed by atoms with Crippen LogP contribution < -0.4 is 0 Å². The molecule has 0 N–H and O–H groups in total. The molecule has 0 aromatic heterocycles. The van der Waals surface area contributed by atoms with Gasteiger partial charge in [0.25, 0.3) is 0 Å². The standard InChI is InChI=1S/C11H18S/c1-4-6-7-10-8-9(3)11(5-2)12-10/h5,8-9H,4,6-7H2,1-3H3/b11-5+. The minimum Gasteiger partial charge on any atom is -0.0990 e. The van der Waals surface area contributed by atoms with Gasteiger partial charge in [0.1, 0.15) is 0 Å². The van der Waals surface area contributed by atoms with Crippen LogP contribution in [0.15, 0.2) is 22.0 Å². The Morgan fingerprint density at radius 1 is 1.58 bits per heavy atom. The predicted molar refractivity (Wildman–Crippen MR) is 58.1 cm³/mol. The zero-order valence-corrected chi connectivity index (χ0v) is 9.08. The maximum atomic E-state index is 2.41. The normalized spacial score (nSPS) is 26.4. The van der Waals surface area contributed by atoms with Gasteiger partial charge < -0.3 is 0 Å². The van der Waals surface area contributed by atoms with E-state index in [1.54, 1.807) is 4.91 Å². The van der Waals surface area contributed by atoms with Crippen LogP contribution in [0.3, 0.4) is 0 Å². The molecule has 0 fully saturated rings. The molecule has 1 heterocycles. The number of thioether (sulfide) groups is 1. The molecule has 1 aliphatic rings. The van der Waals surface area contributed by atoms with Gasteiger partial charge in [0.2, 0.25) is 0 Å². The highest BCUT2D eigenvalue weighted by molar-refractivity contribution is 8.07. The lowest BCUT2D eigenvalue weighted by Crippen LogP contribution is -1.82. The monoisotopic (exact) mass is 182 g/mol. The fourth-order valence-corrected chi connectivity index (χ4v) is 2.64. The van der Waals surface area contributed by atoms with Crippen molar-refractivity contribution in [1.29, 1.82) is 0 Å². The van der Waals surface area contributed by atoms with E-state index in [0.717, 1.165) is 0 Å². The minimum absolute atomic E-state index is 0.673. The topological polar surface area (TPSA) is 0 Å². The molecule has 0 aliphatic carbocycles. The van der Waals surface area contributed by atoms with Gasteiger partial charge in [-0.05, 0) is 29.6 Å². The van der Waals surface area contributed by atoms with Crippen LogP contribution in [0.25, 0.3) is 0 Å². The second kappa shape index (κ2) is 4.76. The average molecular weight is 182 g/mol. The van der Waals surface area contributed by atoms with Crippen molar-refractivity contribution in [2.24, 2.45) is 5.92 Å². The van der Waals surface area contributed by atoms with Crippen LogP contribution in [-0.4, -0.2) is 0 Å². The molecule has 0 aromatic rings. The largest absolute Gasteiger partial charge is 0.0990 e. The molecule has 0 amide bonds. The molecule has 0 saturated heterocycles. The van der Waals surface area contributed by atoms with Crippen molar-refractivity contribution in [3.8, 4) is 0 Å². The van der Waals surface area contributed by atoms with Gasteiger partial charge in [-0.2, -0.15) is 0 Å². The van der Waals surface area contributed by atoms with E-state index >= 15 is 0 Å². The molecule has 1 aliphatic heterocycles. The first kappa shape index (κ1) is 9.91. The summed E-state index contributed by atoms with van der Waals surface area (Å²) in [4.78, 5) is 3.11. The van der Waals surface area contributed by atoms with Crippen LogP contribution >= 0.6 is 11.8 Å². The number of allylic oxidation sites excluding steroid dienone is 4. The van der Waals surface area contributed by atoms with Crippen LogP contribution in [0.1, 0.15) is 40.0 Å². The van der Waals surface area contributed by atoms with Gasteiger partial charge >= 0.3 is 0 Å². The Bertz CT molecular complexity index is 201. The predicted octanol–water partition coefficient (Wildman–Crippen LogP) is 4.35. The molecule has 1 heteroatoms. The van der Waals surface area contributed by atoms with Crippen LogP contribution in [0, 0.1) is 5.92 Å². The lowest BCUT2D eigenvalue weighted by Gasteiger charge is -2.00. The van der Waals surface area contributed by atoms with Crippen LogP contribution in [0.5, 0.6) is 0 Å². The molecule has 12 heavy (non-hydrogen) atoms. The average Bonchev–Trinajstić information content (AvgIpc) is 2.43. The third kappa shape index (κ3) is 2.41. The van der Waals surface area contributed by atoms with E-state index in [0.29, 0.717) is 5.92 Å². The lowest BCUT2D eigenvalue weighted by molar-refractivity contribution is 0.803. The highest BCUT2D eigenvalue weighted by atomic mass is 32.2. The number of rotatable bonds is 3. The van der Waals surface area contributed by atoms with Crippen molar-refractivity contribution in [3.05, 3.63) is 22.0 Å². The molecule has 1 atom stereocenters. The summed E-state index contributed by atoms with van der Waals surface area (Å²) < 4.78 is 0. The molecule has 0 aromatic carbocycles. The molecule has 1 unspecified atom stereocenters. The molecule has 0 saturated carbocycles. The first-order chi connectivity index (χ1) is 5.77. The van der Waals surface area contributed by atoms with Crippen LogP contribution in [0.4, 0.5) is 0 Å². The SMILES string of the molecule is C/C=C1/SC(CCCC)=CC1C. The van der Waals surface area contributed by atoms with Crippen molar-refractivity contribution < 1.29 is 0 Å². The Balaban J connectivity index is 2.44. The maximum absolute atomic E-state index is 2.41. The Hall–Kier alpha value is -0.170. The highest BCUT2D eigenvalue weighted by Crippen LogP contribution is 2.41. The Labute approximate surface area is 80.1 Å². The third-order valence-electron chi connectivity index (χ3n) is 2.19. The molecule has 1 rings (SSSR count). The second-order valence-corrected chi connectivity index (χ2v) is 4.52. The van der Waals surface area contributed by atoms with E-state index in [4.69, 9.17) is 0 Å². The van der Waals surface area contributed by atoms with Crippen molar-refractivity contribution in [3.63, 3.8) is 0 Å². The van der Waals surface area contributed by atoms with E-state index < -0.39 is 0 Å². The quantitative estimate of drug-likeness (QED) is 0.625. The summed E-state index contributed by atoms with van der Waals surface area (Å²) in [6.07, 6.45) is 8.57. The second-order valence-electron chi connectivity index (χ2n) is 3.32. The van der Waals surface area contributed by atoms with Crippen molar-refractivity contribution in [1.82, 2.24) is 0 Å². The summed E-state index contributed by atoms with van der Waals surface area (Å²) in [5.41, 5.74) is 0. The van der Waals surface area contributed by atoms with E-state index in [-0.39, 0.29) is 0 Å². The van der Waals surface area contributed by atoms with Gasteiger partial charge in [0, 0.05) is 5.92 Å². The summed E-state index contributed by atoms with van der Waals surface area (Å²) in [5, 5.41) is 0. The first-order valence-corrected chi connectivity index (χ1v) is 5.64. The summed E-state index contributed by atoms with van der Waals surface area (Å²) in [7, 11) is 0. The smallest absolute Gasteiger partial charge is 0.00607 e. The van der Waals surface area contributed by atoms with E-state index in [1.807, 2.05) is 11.8 Å². The van der Waals surface area contributed by atoms with Gasteiger partial charge in [0.05, 0.1) is 0 Å². The molecule has 0 bridgehead atoms. The molecule has 68 valence electrons. The van der Waals surface area contributed by atoms with Gasteiger partial charge in [-0.15, -0.1) is 0 Å². The first-order valence-electron chi connectivity index (χ1n) is 4.82. The number of hydrogen-bond acceptors (Lipinski definition) is 1. The maximum Gasteiger partial charge on any atom is 0.00607 e.